The van der Waals surface area contributed by atoms with Crippen LogP contribution in [0.4, 0.5) is 15.9 Å². The van der Waals surface area contributed by atoms with Crippen LogP contribution in [0.5, 0.6) is 5.75 Å². The summed E-state index contributed by atoms with van der Waals surface area (Å²) in [6.45, 7) is 0.516. The summed E-state index contributed by atoms with van der Waals surface area (Å²) in [4.78, 5) is 23.4. The number of para-hydroxylation sites is 1. The Balaban J connectivity index is 1.84. The Labute approximate surface area is 224 Å². The van der Waals surface area contributed by atoms with Crippen molar-refractivity contribution in [2.45, 2.75) is 12.8 Å². The van der Waals surface area contributed by atoms with Gasteiger partial charge in [-0.15, -0.1) is 0 Å². The van der Waals surface area contributed by atoms with E-state index in [0.717, 1.165) is 18.5 Å². The van der Waals surface area contributed by atoms with Gasteiger partial charge in [0, 0.05) is 12.2 Å². The second-order valence-corrected chi connectivity index (χ2v) is 8.83. The van der Waals surface area contributed by atoms with E-state index in [4.69, 9.17) is 32.7 Å². The van der Waals surface area contributed by atoms with Gasteiger partial charge in [-0.05, 0) is 42.7 Å². The SMILES string of the molecule is COC(=O)c1nc(-c2ccc(Cl)c(OC)c2F)nc(N(CCCc2ccccc2)c2ccccc2)c1Cl. The van der Waals surface area contributed by atoms with E-state index in [0.29, 0.717) is 6.54 Å². The monoisotopic (exact) mass is 539 g/mol. The lowest BCUT2D eigenvalue weighted by Gasteiger charge is -2.26. The van der Waals surface area contributed by atoms with Gasteiger partial charge in [0.25, 0.3) is 0 Å². The maximum atomic E-state index is 15.3. The Kier molecular flexibility index (Phi) is 8.58. The minimum absolute atomic E-state index is 0.000464. The highest BCUT2D eigenvalue weighted by atomic mass is 35.5. The second-order valence-electron chi connectivity index (χ2n) is 8.04. The van der Waals surface area contributed by atoms with Crippen LogP contribution in [0, 0.1) is 5.82 Å². The number of rotatable bonds is 9. The number of carbonyl (C=O) groups excluding carboxylic acids is 1. The van der Waals surface area contributed by atoms with Gasteiger partial charge in [-0.2, -0.15) is 0 Å². The maximum absolute atomic E-state index is 15.3. The van der Waals surface area contributed by atoms with Crippen LogP contribution in [0.2, 0.25) is 10.0 Å². The predicted octanol–water partition coefficient (Wildman–Crippen LogP) is 7.16. The Morgan fingerprint density at radius 3 is 2.27 bits per heavy atom. The molecule has 0 radical (unpaired) electrons. The zero-order chi connectivity index (χ0) is 26.4. The van der Waals surface area contributed by atoms with Crippen LogP contribution in [0.1, 0.15) is 22.5 Å². The molecule has 0 saturated carbocycles. The molecule has 37 heavy (non-hydrogen) atoms. The molecule has 0 aliphatic rings. The van der Waals surface area contributed by atoms with Crippen LogP contribution in [-0.2, 0) is 11.2 Å². The van der Waals surface area contributed by atoms with Crippen LogP contribution >= 0.6 is 23.2 Å². The van der Waals surface area contributed by atoms with E-state index in [2.05, 4.69) is 22.1 Å². The van der Waals surface area contributed by atoms with Crippen molar-refractivity contribution in [3.8, 4) is 17.1 Å². The molecule has 0 saturated heterocycles. The fourth-order valence-corrected chi connectivity index (χ4v) is 4.40. The van der Waals surface area contributed by atoms with Crippen LogP contribution in [-0.4, -0.2) is 36.7 Å². The molecule has 0 aliphatic carbocycles. The number of hydrogen-bond donors (Lipinski definition) is 0. The highest BCUT2D eigenvalue weighted by molar-refractivity contribution is 6.35. The molecule has 1 aromatic heterocycles. The van der Waals surface area contributed by atoms with E-state index in [-0.39, 0.29) is 38.7 Å². The summed E-state index contributed by atoms with van der Waals surface area (Å²) < 4.78 is 25.4. The fourth-order valence-electron chi connectivity index (χ4n) is 3.91. The molecular formula is C28H24Cl2FN3O3. The molecule has 0 spiro atoms. The van der Waals surface area contributed by atoms with Crippen molar-refractivity contribution in [1.82, 2.24) is 9.97 Å². The number of aryl methyl sites for hydroxylation is 1. The first kappa shape index (κ1) is 26.4. The lowest BCUT2D eigenvalue weighted by atomic mass is 10.1. The van der Waals surface area contributed by atoms with Crippen molar-refractivity contribution in [3.05, 3.63) is 99.9 Å². The van der Waals surface area contributed by atoms with Crippen LogP contribution in [0.15, 0.2) is 72.8 Å². The van der Waals surface area contributed by atoms with Crippen molar-refractivity contribution < 1.29 is 18.7 Å². The molecule has 4 aromatic rings. The molecule has 1 heterocycles. The molecular weight excluding hydrogens is 516 g/mol. The number of carbonyl (C=O) groups is 1. The first-order valence-corrected chi connectivity index (χ1v) is 12.2. The van der Waals surface area contributed by atoms with E-state index < -0.39 is 11.8 Å². The molecule has 9 heteroatoms. The Morgan fingerprint density at radius 1 is 0.946 bits per heavy atom. The number of ether oxygens (including phenoxy) is 2. The van der Waals surface area contributed by atoms with Gasteiger partial charge in [0.2, 0.25) is 0 Å². The number of anilines is 2. The van der Waals surface area contributed by atoms with Gasteiger partial charge in [-0.3, -0.25) is 0 Å². The highest BCUT2D eigenvalue weighted by Gasteiger charge is 2.26. The van der Waals surface area contributed by atoms with Crippen molar-refractivity contribution >= 4 is 40.7 Å². The summed E-state index contributed by atoms with van der Waals surface area (Å²) in [6, 6.07) is 22.5. The smallest absolute Gasteiger partial charge is 0.358 e. The highest BCUT2D eigenvalue weighted by Crippen LogP contribution is 2.38. The number of benzene rings is 3. The first-order chi connectivity index (χ1) is 17.9. The van der Waals surface area contributed by atoms with Crippen molar-refractivity contribution in [1.29, 1.82) is 0 Å². The molecule has 0 fully saturated rings. The van der Waals surface area contributed by atoms with Gasteiger partial charge < -0.3 is 14.4 Å². The van der Waals surface area contributed by atoms with Gasteiger partial charge in [-0.25, -0.2) is 19.2 Å². The second kappa shape index (κ2) is 12.0. The van der Waals surface area contributed by atoms with Gasteiger partial charge in [0.05, 0.1) is 24.8 Å². The normalized spacial score (nSPS) is 10.7. The van der Waals surface area contributed by atoms with E-state index in [1.165, 1.54) is 31.9 Å². The van der Waals surface area contributed by atoms with E-state index in [9.17, 15) is 4.79 Å². The number of hydrogen-bond acceptors (Lipinski definition) is 6. The van der Waals surface area contributed by atoms with E-state index in [1.807, 2.05) is 53.4 Å². The third-order valence-electron chi connectivity index (χ3n) is 5.72. The summed E-state index contributed by atoms with van der Waals surface area (Å²) in [7, 11) is 2.53. The lowest BCUT2D eigenvalue weighted by Crippen LogP contribution is -2.22. The van der Waals surface area contributed by atoms with E-state index in [1.54, 1.807) is 0 Å². The minimum Gasteiger partial charge on any atom is -0.492 e. The lowest BCUT2D eigenvalue weighted by molar-refractivity contribution is 0.0594. The largest absolute Gasteiger partial charge is 0.492 e. The average Bonchev–Trinajstić information content (AvgIpc) is 2.93. The van der Waals surface area contributed by atoms with Crippen molar-refractivity contribution in [2.75, 3.05) is 25.7 Å². The van der Waals surface area contributed by atoms with E-state index >= 15 is 4.39 Å². The Bertz CT molecular complexity index is 1390. The molecule has 190 valence electrons. The average molecular weight is 540 g/mol. The molecule has 0 unspecified atom stereocenters. The Morgan fingerprint density at radius 2 is 1.62 bits per heavy atom. The third-order valence-corrected chi connectivity index (χ3v) is 6.37. The maximum Gasteiger partial charge on any atom is 0.358 e. The van der Waals surface area contributed by atoms with Gasteiger partial charge in [0.15, 0.2) is 28.9 Å². The number of nitrogens with zero attached hydrogens (tertiary/aromatic N) is 3. The van der Waals surface area contributed by atoms with Gasteiger partial charge in [0.1, 0.15) is 5.02 Å². The number of halogens is 3. The molecule has 6 nitrogen and oxygen atoms in total. The quantitative estimate of drug-likeness (QED) is 0.210. The van der Waals surface area contributed by atoms with Crippen LogP contribution in [0.25, 0.3) is 11.4 Å². The van der Waals surface area contributed by atoms with Crippen LogP contribution < -0.4 is 9.64 Å². The zero-order valence-corrected chi connectivity index (χ0v) is 21.8. The van der Waals surface area contributed by atoms with Gasteiger partial charge >= 0.3 is 5.97 Å². The summed E-state index contributed by atoms with van der Waals surface area (Å²) >= 11 is 12.8. The zero-order valence-electron chi connectivity index (χ0n) is 20.2. The topological polar surface area (TPSA) is 64.5 Å². The molecule has 0 bridgehead atoms. The van der Waals surface area contributed by atoms with Crippen molar-refractivity contribution in [3.63, 3.8) is 0 Å². The summed E-state index contributed by atoms with van der Waals surface area (Å²) in [5.74, 6) is -1.49. The minimum atomic E-state index is -0.770. The predicted molar refractivity (Wildman–Crippen MR) is 144 cm³/mol. The molecule has 0 N–H and O–H groups in total. The molecule has 3 aromatic carbocycles. The van der Waals surface area contributed by atoms with Crippen molar-refractivity contribution in [2.24, 2.45) is 0 Å². The summed E-state index contributed by atoms with van der Waals surface area (Å²) in [5, 5.41) is 0.0958. The third kappa shape index (κ3) is 5.84. The molecule has 0 aliphatic heterocycles. The molecule has 0 atom stereocenters. The van der Waals surface area contributed by atoms with Crippen LogP contribution in [0.3, 0.4) is 0 Å². The van der Waals surface area contributed by atoms with Gasteiger partial charge in [-0.1, -0.05) is 71.7 Å². The fraction of sp³-hybridized carbons (Fsp3) is 0.179. The summed E-state index contributed by atoms with van der Waals surface area (Å²) in [6.07, 6.45) is 1.57. The number of methoxy groups -OCH3 is 2. The molecule has 0 amide bonds. The standard InChI is InChI=1S/C28H24Cl2FN3O3/c1-36-25-21(29)16-15-20(23(25)31)26-32-24(28(35)37-2)22(30)27(33-26)34(19-13-7-4-8-14-19)17-9-12-18-10-5-3-6-11-18/h3-8,10-11,13-16H,9,12,17H2,1-2H3. The first-order valence-electron chi connectivity index (χ1n) is 11.5. The molecule has 4 rings (SSSR count). The number of esters is 1. The summed E-state index contributed by atoms with van der Waals surface area (Å²) in [5.41, 5.74) is 1.81. The Hall–Kier alpha value is -3.68. The number of aromatic nitrogens is 2.